The number of hydrogen-bond acceptors (Lipinski definition) is 4. The molecule has 0 radical (unpaired) electrons. The number of carbonyl (C=O) groups excluding carboxylic acids is 2. The Morgan fingerprint density at radius 1 is 1.37 bits per heavy atom. The van der Waals surface area contributed by atoms with E-state index in [1.165, 1.54) is 7.11 Å². The first kappa shape index (κ1) is 15.2. The van der Waals surface area contributed by atoms with Gasteiger partial charge >= 0.3 is 5.97 Å². The van der Waals surface area contributed by atoms with E-state index < -0.39 is 0 Å². The molecule has 1 rings (SSSR count). The first-order valence-electron chi connectivity index (χ1n) is 6.44. The Kier molecular flexibility index (Phi) is 6.06. The molecule has 0 spiro atoms. The van der Waals surface area contributed by atoms with Crippen LogP contribution in [0.5, 0.6) is 5.75 Å². The van der Waals surface area contributed by atoms with Crippen LogP contribution in [0.4, 0.5) is 0 Å². The van der Waals surface area contributed by atoms with Gasteiger partial charge in [-0.25, -0.2) is 0 Å². The van der Waals surface area contributed by atoms with E-state index in [0.29, 0.717) is 30.8 Å². The van der Waals surface area contributed by atoms with Gasteiger partial charge in [-0.15, -0.1) is 0 Å². The zero-order valence-corrected chi connectivity index (χ0v) is 11.6. The molecule has 104 valence electrons. The first-order chi connectivity index (χ1) is 9.15. The zero-order chi connectivity index (χ0) is 14.3. The number of benzene rings is 1. The maximum absolute atomic E-state index is 11.7. The van der Waals surface area contributed by atoms with Crippen molar-refractivity contribution in [2.45, 2.75) is 26.7 Å². The number of esters is 1. The lowest BCUT2D eigenvalue weighted by atomic mass is 9.96. The van der Waals surface area contributed by atoms with Gasteiger partial charge in [0, 0.05) is 0 Å². The Morgan fingerprint density at radius 2 is 2.11 bits per heavy atom. The molecule has 0 heterocycles. The third-order valence-electron chi connectivity index (χ3n) is 3.02. The number of aldehydes is 1. The Balaban J connectivity index is 2.85. The fourth-order valence-corrected chi connectivity index (χ4v) is 1.94. The predicted octanol–water partition coefficient (Wildman–Crippen LogP) is 2.64. The van der Waals surface area contributed by atoms with Gasteiger partial charge in [0.2, 0.25) is 0 Å². The van der Waals surface area contributed by atoms with Crippen LogP contribution in [0.1, 0.15) is 36.2 Å². The standard InChI is InChI=1S/C15H20O4/c1-4-12(15(17)19-5-2)8-11-6-7-14(18-3)13(9-11)10-16/h6-7,9-10,12H,4-5,8H2,1-3H3/t12-/m1/s1. The van der Waals surface area contributed by atoms with Crippen LogP contribution in [0.25, 0.3) is 0 Å². The zero-order valence-electron chi connectivity index (χ0n) is 11.6. The molecule has 0 aliphatic carbocycles. The average Bonchev–Trinajstić information content (AvgIpc) is 2.44. The van der Waals surface area contributed by atoms with Crippen LogP contribution in [-0.2, 0) is 16.0 Å². The van der Waals surface area contributed by atoms with Crippen LogP contribution in [0.3, 0.4) is 0 Å². The molecular formula is C15H20O4. The lowest BCUT2D eigenvalue weighted by molar-refractivity contribution is -0.148. The molecule has 0 saturated heterocycles. The van der Waals surface area contributed by atoms with Crippen molar-refractivity contribution in [2.75, 3.05) is 13.7 Å². The fourth-order valence-electron chi connectivity index (χ4n) is 1.94. The minimum absolute atomic E-state index is 0.173. The molecule has 0 aliphatic rings. The molecule has 0 aliphatic heterocycles. The van der Waals surface area contributed by atoms with Crippen molar-refractivity contribution in [3.63, 3.8) is 0 Å². The van der Waals surface area contributed by atoms with Crippen molar-refractivity contribution in [3.8, 4) is 5.75 Å². The maximum Gasteiger partial charge on any atom is 0.309 e. The van der Waals surface area contributed by atoms with Crippen LogP contribution in [0.2, 0.25) is 0 Å². The van der Waals surface area contributed by atoms with Gasteiger partial charge in [-0.05, 0) is 37.5 Å². The summed E-state index contributed by atoms with van der Waals surface area (Å²) in [7, 11) is 1.52. The van der Waals surface area contributed by atoms with Crippen LogP contribution in [0.15, 0.2) is 18.2 Å². The second-order valence-electron chi connectivity index (χ2n) is 4.26. The molecule has 4 heteroatoms. The molecule has 1 atom stereocenters. The number of methoxy groups -OCH3 is 1. The molecule has 1 aromatic rings. The molecule has 4 nitrogen and oxygen atoms in total. The molecule has 0 unspecified atom stereocenters. The van der Waals surface area contributed by atoms with Gasteiger partial charge in [0.15, 0.2) is 6.29 Å². The number of carbonyl (C=O) groups is 2. The van der Waals surface area contributed by atoms with Crippen molar-refractivity contribution in [3.05, 3.63) is 29.3 Å². The number of ether oxygens (including phenoxy) is 2. The third-order valence-corrected chi connectivity index (χ3v) is 3.02. The van der Waals surface area contributed by atoms with Crippen LogP contribution in [-0.4, -0.2) is 26.0 Å². The Morgan fingerprint density at radius 3 is 2.63 bits per heavy atom. The van der Waals surface area contributed by atoms with E-state index >= 15 is 0 Å². The summed E-state index contributed by atoms with van der Waals surface area (Å²) in [5, 5.41) is 0. The molecular weight excluding hydrogens is 244 g/mol. The van der Waals surface area contributed by atoms with E-state index in [0.717, 1.165) is 11.8 Å². The van der Waals surface area contributed by atoms with Gasteiger partial charge in [-0.3, -0.25) is 9.59 Å². The summed E-state index contributed by atoms with van der Waals surface area (Å²) in [5.74, 6) is 0.184. The summed E-state index contributed by atoms with van der Waals surface area (Å²) in [6, 6.07) is 5.37. The predicted molar refractivity (Wildman–Crippen MR) is 72.5 cm³/mol. The molecule has 0 N–H and O–H groups in total. The van der Waals surface area contributed by atoms with E-state index in [2.05, 4.69) is 0 Å². The first-order valence-corrected chi connectivity index (χ1v) is 6.44. The van der Waals surface area contributed by atoms with Gasteiger partial charge in [-0.1, -0.05) is 13.0 Å². The molecule has 0 amide bonds. The van der Waals surface area contributed by atoms with Crippen LogP contribution >= 0.6 is 0 Å². The van der Waals surface area contributed by atoms with E-state index in [4.69, 9.17) is 9.47 Å². The van der Waals surface area contributed by atoms with Crippen molar-refractivity contribution in [2.24, 2.45) is 5.92 Å². The van der Waals surface area contributed by atoms with Crippen LogP contribution in [0, 0.1) is 5.92 Å². The van der Waals surface area contributed by atoms with E-state index in [1.807, 2.05) is 13.0 Å². The van der Waals surface area contributed by atoms with Gasteiger partial charge in [0.05, 0.1) is 25.2 Å². The monoisotopic (exact) mass is 264 g/mol. The lowest BCUT2D eigenvalue weighted by Crippen LogP contribution is -2.19. The normalized spacial score (nSPS) is 11.7. The summed E-state index contributed by atoms with van der Waals surface area (Å²) in [5.41, 5.74) is 1.43. The summed E-state index contributed by atoms with van der Waals surface area (Å²) in [6.07, 6.45) is 2.04. The van der Waals surface area contributed by atoms with Crippen molar-refractivity contribution >= 4 is 12.3 Å². The lowest BCUT2D eigenvalue weighted by Gasteiger charge is -2.14. The van der Waals surface area contributed by atoms with Gasteiger partial charge < -0.3 is 9.47 Å². The van der Waals surface area contributed by atoms with E-state index in [9.17, 15) is 9.59 Å². The largest absolute Gasteiger partial charge is 0.496 e. The highest BCUT2D eigenvalue weighted by atomic mass is 16.5. The topological polar surface area (TPSA) is 52.6 Å². The maximum atomic E-state index is 11.7. The molecule has 0 aromatic heterocycles. The Labute approximate surface area is 113 Å². The van der Waals surface area contributed by atoms with E-state index in [-0.39, 0.29) is 11.9 Å². The van der Waals surface area contributed by atoms with Gasteiger partial charge in [-0.2, -0.15) is 0 Å². The molecule has 0 bridgehead atoms. The number of rotatable bonds is 7. The van der Waals surface area contributed by atoms with Crippen molar-refractivity contribution in [1.29, 1.82) is 0 Å². The summed E-state index contributed by atoms with van der Waals surface area (Å²) >= 11 is 0. The minimum Gasteiger partial charge on any atom is -0.496 e. The molecule has 0 fully saturated rings. The summed E-state index contributed by atoms with van der Waals surface area (Å²) < 4.78 is 10.1. The second-order valence-corrected chi connectivity index (χ2v) is 4.26. The molecule has 0 saturated carbocycles. The Hall–Kier alpha value is -1.84. The summed E-state index contributed by atoms with van der Waals surface area (Å²) in [6.45, 7) is 4.13. The highest BCUT2D eigenvalue weighted by Gasteiger charge is 2.18. The van der Waals surface area contributed by atoms with E-state index in [1.54, 1.807) is 19.1 Å². The highest BCUT2D eigenvalue weighted by molar-refractivity contribution is 5.80. The highest BCUT2D eigenvalue weighted by Crippen LogP contribution is 2.21. The summed E-state index contributed by atoms with van der Waals surface area (Å²) in [4.78, 5) is 22.7. The van der Waals surface area contributed by atoms with Crippen molar-refractivity contribution in [1.82, 2.24) is 0 Å². The van der Waals surface area contributed by atoms with Gasteiger partial charge in [0.1, 0.15) is 5.75 Å². The Bertz CT molecular complexity index is 440. The van der Waals surface area contributed by atoms with Gasteiger partial charge in [0.25, 0.3) is 0 Å². The molecule has 1 aromatic carbocycles. The third kappa shape index (κ3) is 4.09. The quantitative estimate of drug-likeness (QED) is 0.561. The minimum atomic E-state index is -0.187. The molecule has 19 heavy (non-hydrogen) atoms. The fraction of sp³-hybridized carbons (Fsp3) is 0.467. The van der Waals surface area contributed by atoms with Crippen LogP contribution < -0.4 is 4.74 Å². The SMILES string of the molecule is CCOC(=O)[C@H](CC)Cc1ccc(OC)c(C=O)c1. The second kappa shape index (κ2) is 7.56. The van der Waals surface area contributed by atoms with Crippen molar-refractivity contribution < 1.29 is 19.1 Å². The average molecular weight is 264 g/mol. The smallest absolute Gasteiger partial charge is 0.309 e. The number of hydrogen-bond donors (Lipinski definition) is 0.